The minimum atomic E-state index is -0.482. The molecule has 5 rings (SSSR count). The predicted octanol–water partition coefficient (Wildman–Crippen LogP) is 5.81. The maximum Gasteiger partial charge on any atom is 0.348 e. The van der Waals surface area contributed by atoms with E-state index in [4.69, 9.17) is 35.2 Å². The normalized spacial score (nSPS) is 13.3. The monoisotopic (exact) mass is 564 g/mol. The van der Waals surface area contributed by atoms with Crippen molar-refractivity contribution in [1.82, 2.24) is 9.97 Å². The zero-order chi connectivity index (χ0) is 27.5. The number of aryl methyl sites for hydroxylation is 2. The third kappa shape index (κ3) is 5.61. The van der Waals surface area contributed by atoms with Gasteiger partial charge in [0, 0.05) is 42.4 Å². The summed E-state index contributed by atoms with van der Waals surface area (Å²) in [7, 11) is 1.31. The Hall–Kier alpha value is -3.91. The van der Waals surface area contributed by atoms with E-state index in [1.165, 1.54) is 7.11 Å². The molecule has 0 bridgehead atoms. The number of thiophene rings is 1. The minimum Gasteiger partial charge on any atom is -0.472 e. The third-order valence-corrected chi connectivity index (χ3v) is 7.71. The first-order chi connectivity index (χ1) is 18.9. The van der Waals surface area contributed by atoms with Crippen LogP contribution < -0.4 is 9.64 Å². The van der Waals surface area contributed by atoms with Gasteiger partial charge >= 0.3 is 5.97 Å². The molecule has 3 aromatic heterocycles. The SMILES string of the molecule is COC(=O)c1cc(COc2nc(-c3ccc(N4CCOCC4)cc3)cc(-c3oc(C)nc3C)c2C#N)c(Cl)s1. The molecule has 39 heavy (non-hydrogen) atoms. The molecule has 4 heterocycles. The number of pyridine rings is 1. The lowest BCUT2D eigenvalue weighted by Gasteiger charge is -2.28. The number of aromatic nitrogens is 2. The van der Waals surface area contributed by atoms with Crippen LogP contribution in [0.5, 0.6) is 5.88 Å². The first kappa shape index (κ1) is 26.7. The Bertz CT molecular complexity index is 1550. The van der Waals surface area contributed by atoms with Crippen LogP contribution in [0.3, 0.4) is 0 Å². The zero-order valence-electron chi connectivity index (χ0n) is 21.6. The van der Waals surface area contributed by atoms with Crippen LogP contribution in [0.1, 0.15) is 32.4 Å². The Labute approximate surface area is 234 Å². The number of benzene rings is 1. The molecule has 0 saturated carbocycles. The zero-order valence-corrected chi connectivity index (χ0v) is 23.2. The molecule has 0 unspecified atom stereocenters. The van der Waals surface area contributed by atoms with E-state index in [0.29, 0.717) is 56.6 Å². The summed E-state index contributed by atoms with van der Waals surface area (Å²) >= 11 is 7.45. The van der Waals surface area contributed by atoms with Crippen LogP contribution in [-0.4, -0.2) is 49.4 Å². The lowest BCUT2D eigenvalue weighted by atomic mass is 10.0. The fraction of sp³-hybridized carbons (Fsp3) is 0.286. The number of anilines is 1. The van der Waals surface area contributed by atoms with Crippen molar-refractivity contribution in [2.75, 3.05) is 38.3 Å². The predicted molar refractivity (Wildman–Crippen MR) is 147 cm³/mol. The molecule has 0 spiro atoms. The Morgan fingerprint density at radius 3 is 2.56 bits per heavy atom. The summed E-state index contributed by atoms with van der Waals surface area (Å²) in [5.41, 5.74) is 4.52. The van der Waals surface area contributed by atoms with E-state index in [9.17, 15) is 10.1 Å². The van der Waals surface area contributed by atoms with Gasteiger partial charge in [0.2, 0.25) is 5.88 Å². The van der Waals surface area contributed by atoms with E-state index in [0.717, 1.165) is 35.7 Å². The molecule has 1 aromatic carbocycles. The summed E-state index contributed by atoms with van der Waals surface area (Å²) in [6.07, 6.45) is 0. The van der Waals surface area contributed by atoms with Crippen LogP contribution in [0.2, 0.25) is 4.34 Å². The van der Waals surface area contributed by atoms with Crippen molar-refractivity contribution in [1.29, 1.82) is 5.26 Å². The average molecular weight is 565 g/mol. The molecule has 0 N–H and O–H groups in total. The van der Waals surface area contributed by atoms with Gasteiger partial charge in [-0.1, -0.05) is 23.7 Å². The molecule has 1 fully saturated rings. The van der Waals surface area contributed by atoms with Crippen molar-refractivity contribution in [2.45, 2.75) is 20.5 Å². The number of esters is 1. The van der Waals surface area contributed by atoms with E-state index in [1.54, 1.807) is 13.0 Å². The van der Waals surface area contributed by atoms with Crippen molar-refractivity contribution >= 4 is 34.6 Å². The van der Waals surface area contributed by atoms with Crippen molar-refractivity contribution in [3.05, 3.63) is 68.3 Å². The maximum absolute atomic E-state index is 11.9. The quantitative estimate of drug-likeness (QED) is 0.257. The van der Waals surface area contributed by atoms with Crippen LogP contribution in [-0.2, 0) is 16.1 Å². The number of ether oxygens (including phenoxy) is 3. The van der Waals surface area contributed by atoms with Crippen LogP contribution in [0.4, 0.5) is 5.69 Å². The molecule has 9 nitrogen and oxygen atoms in total. The van der Waals surface area contributed by atoms with E-state index >= 15 is 0 Å². The number of hydrogen-bond acceptors (Lipinski definition) is 10. The largest absolute Gasteiger partial charge is 0.472 e. The molecule has 4 aromatic rings. The number of carbonyl (C=O) groups excluding carboxylic acids is 1. The maximum atomic E-state index is 11.9. The number of nitrogens with zero attached hydrogens (tertiary/aromatic N) is 4. The number of hydrogen-bond donors (Lipinski definition) is 0. The highest BCUT2D eigenvalue weighted by atomic mass is 35.5. The molecular weight excluding hydrogens is 540 g/mol. The Balaban J connectivity index is 1.53. The van der Waals surface area contributed by atoms with Gasteiger partial charge in [0.25, 0.3) is 0 Å². The van der Waals surface area contributed by atoms with Gasteiger partial charge in [0.1, 0.15) is 27.5 Å². The molecule has 0 radical (unpaired) electrons. The van der Waals surface area contributed by atoms with Gasteiger partial charge in [0.15, 0.2) is 11.7 Å². The van der Waals surface area contributed by atoms with Gasteiger partial charge in [-0.15, -0.1) is 11.3 Å². The highest BCUT2D eigenvalue weighted by Crippen LogP contribution is 2.37. The second kappa shape index (κ2) is 11.5. The molecule has 1 aliphatic rings. The fourth-order valence-electron chi connectivity index (χ4n) is 4.36. The number of carbonyl (C=O) groups is 1. The summed E-state index contributed by atoms with van der Waals surface area (Å²) < 4.78 is 22.6. The smallest absolute Gasteiger partial charge is 0.348 e. The number of halogens is 1. The lowest BCUT2D eigenvalue weighted by molar-refractivity contribution is 0.0606. The van der Waals surface area contributed by atoms with Crippen LogP contribution in [0.25, 0.3) is 22.6 Å². The lowest BCUT2D eigenvalue weighted by Crippen LogP contribution is -2.36. The fourth-order valence-corrected chi connectivity index (χ4v) is 5.53. The van der Waals surface area contributed by atoms with Crippen molar-refractivity contribution in [2.24, 2.45) is 0 Å². The van der Waals surface area contributed by atoms with Gasteiger partial charge in [-0.05, 0) is 31.2 Å². The standard InChI is InChI=1S/C28H25ClN4O5S/c1-16-25(38-17(2)31-16)21-13-23(18-4-6-20(7-5-18)33-8-10-36-11-9-33)32-27(22(21)14-30)37-15-19-12-24(28(34)35-3)39-26(19)29/h4-7,12-13H,8-11,15H2,1-3H3. The number of nitriles is 1. The van der Waals surface area contributed by atoms with Crippen molar-refractivity contribution in [3.8, 4) is 34.5 Å². The molecule has 0 aliphatic carbocycles. The van der Waals surface area contributed by atoms with Gasteiger partial charge in [-0.2, -0.15) is 5.26 Å². The Morgan fingerprint density at radius 2 is 1.92 bits per heavy atom. The summed E-state index contributed by atoms with van der Waals surface area (Å²) in [6.45, 7) is 6.66. The van der Waals surface area contributed by atoms with Gasteiger partial charge in [-0.3, -0.25) is 0 Å². The average Bonchev–Trinajstić information content (AvgIpc) is 3.51. The van der Waals surface area contributed by atoms with E-state index in [2.05, 4.69) is 16.0 Å². The number of morpholine rings is 1. The van der Waals surface area contributed by atoms with Crippen LogP contribution in [0, 0.1) is 25.2 Å². The van der Waals surface area contributed by atoms with Gasteiger partial charge in [-0.25, -0.2) is 14.8 Å². The second-order valence-electron chi connectivity index (χ2n) is 8.83. The molecule has 1 aliphatic heterocycles. The molecule has 11 heteroatoms. The summed E-state index contributed by atoms with van der Waals surface area (Å²) in [4.78, 5) is 23.6. The Kier molecular flexibility index (Phi) is 7.84. The van der Waals surface area contributed by atoms with E-state index in [-0.39, 0.29) is 18.1 Å². The number of methoxy groups -OCH3 is 1. The third-order valence-electron chi connectivity index (χ3n) is 6.29. The molecule has 0 amide bonds. The summed E-state index contributed by atoms with van der Waals surface area (Å²) in [5, 5.41) is 10.1. The minimum absolute atomic E-state index is 0.00127. The van der Waals surface area contributed by atoms with Gasteiger partial charge < -0.3 is 23.5 Å². The number of oxazole rings is 1. The first-order valence-electron chi connectivity index (χ1n) is 12.2. The van der Waals surface area contributed by atoms with Crippen molar-refractivity contribution in [3.63, 3.8) is 0 Å². The first-order valence-corrected chi connectivity index (χ1v) is 13.4. The van der Waals surface area contributed by atoms with E-state index < -0.39 is 5.97 Å². The van der Waals surface area contributed by atoms with E-state index in [1.807, 2.05) is 37.3 Å². The molecule has 200 valence electrons. The topological polar surface area (TPSA) is 111 Å². The van der Waals surface area contributed by atoms with Crippen LogP contribution in [0.15, 0.2) is 40.8 Å². The molecule has 1 saturated heterocycles. The number of rotatable bonds is 7. The Morgan fingerprint density at radius 1 is 1.18 bits per heavy atom. The summed E-state index contributed by atoms with van der Waals surface area (Å²) in [6, 6.07) is 13.7. The highest BCUT2D eigenvalue weighted by Gasteiger charge is 2.23. The van der Waals surface area contributed by atoms with Crippen molar-refractivity contribution < 1.29 is 23.4 Å². The summed E-state index contributed by atoms with van der Waals surface area (Å²) in [5.74, 6) is 0.606. The van der Waals surface area contributed by atoms with Gasteiger partial charge in [0.05, 0.1) is 31.7 Å². The molecule has 0 atom stereocenters. The molecular formula is C28H25ClN4O5S. The van der Waals surface area contributed by atoms with Crippen LogP contribution >= 0.6 is 22.9 Å². The highest BCUT2D eigenvalue weighted by molar-refractivity contribution is 7.18. The second-order valence-corrected chi connectivity index (χ2v) is 10.5.